The minimum atomic E-state index is -1.35. The highest BCUT2D eigenvalue weighted by Gasteiger charge is 2.37. The third-order valence-electron chi connectivity index (χ3n) is 9.52. The number of hydrogen-bond donors (Lipinski definition) is 4. The van der Waals surface area contributed by atoms with Crippen LogP contribution in [0.4, 0.5) is 0 Å². The molecule has 0 aromatic rings. The van der Waals surface area contributed by atoms with E-state index in [2.05, 4.69) is 15.7 Å². The van der Waals surface area contributed by atoms with Crippen molar-refractivity contribution < 1.29 is 38.1 Å². The fraction of sp³-hybridized carbons (Fsp3) is 0.929. The summed E-state index contributed by atoms with van der Waals surface area (Å²) in [6, 6.07) is 0.280. The fourth-order valence-electron chi connectivity index (χ4n) is 7.03. The van der Waals surface area contributed by atoms with Gasteiger partial charge in [-0.15, -0.1) is 0 Å². The first-order chi connectivity index (χ1) is 18.9. The Bertz CT molecular complexity index is 798. The molecule has 224 valence electrons. The van der Waals surface area contributed by atoms with Gasteiger partial charge in [0.1, 0.15) is 0 Å². The van der Waals surface area contributed by atoms with E-state index in [-0.39, 0.29) is 29.3 Å². The van der Waals surface area contributed by atoms with Crippen LogP contribution in [0.25, 0.3) is 0 Å². The molecule has 10 nitrogen and oxygen atoms in total. The summed E-state index contributed by atoms with van der Waals surface area (Å²) < 4.78 is 18.9. The van der Waals surface area contributed by atoms with E-state index < -0.39 is 28.9 Å². The summed E-state index contributed by atoms with van der Waals surface area (Å²) in [7, 11) is 0. The second kappa shape index (κ2) is 15.8. The second-order valence-electron chi connectivity index (χ2n) is 12.2. The van der Waals surface area contributed by atoms with Crippen molar-refractivity contribution in [2.75, 3.05) is 13.2 Å². The van der Waals surface area contributed by atoms with Crippen molar-refractivity contribution in [3.8, 4) is 0 Å². The molecule has 1 amide bonds. The molecule has 5 atom stereocenters. The monoisotopic (exact) mass is 572 g/mol. The molecule has 39 heavy (non-hydrogen) atoms. The van der Waals surface area contributed by atoms with Gasteiger partial charge in [0.15, 0.2) is 11.1 Å². The summed E-state index contributed by atoms with van der Waals surface area (Å²) in [4.78, 5) is 34.6. The predicted molar refractivity (Wildman–Crippen MR) is 146 cm³/mol. The lowest BCUT2D eigenvalue weighted by Crippen LogP contribution is -2.46. The molecule has 0 aliphatic heterocycles. The molecular formula is C28H48N2O8S. The number of hydroxylamine groups is 1. The maximum absolute atomic E-state index is 12.9. The zero-order chi connectivity index (χ0) is 27.6. The van der Waals surface area contributed by atoms with Crippen LogP contribution in [0.5, 0.6) is 0 Å². The Morgan fingerprint density at radius 2 is 1.33 bits per heavy atom. The zero-order valence-corrected chi connectivity index (χ0v) is 23.9. The van der Waals surface area contributed by atoms with Crippen LogP contribution in [-0.2, 0) is 34.6 Å². The van der Waals surface area contributed by atoms with E-state index in [1.165, 1.54) is 12.8 Å². The molecule has 5 unspecified atom stereocenters. The minimum Gasteiger partial charge on any atom is -0.481 e. The topological polar surface area (TPSA) is 143 Å². The van der Waals surface area contributed by atoms with Gasteiger partial charge in [-0.2, -0.15) is 5.48 Å². The smallest absolute Gasteiger partial charge is 0.307 e. The van der Waals surface area contributed by atoms with Gasteiger partial charge in [-0.1, -0.05) is 25.7 Å². The largest absolute Gasteiger partial charge is 0.481 e. The third kappa shape index (κ3) is 9.19. The van der Waals surface area contributed by atoms with Gasteiger partial charge in [0.2, 0.25) is 5.91 Å². The molecule has 0 bridgehead atoms. The molecule has 4 N–H and O–H groups in total. The van der Waals surface area contributed by atoms with E-state index in [9.17, 15) is 18.9 Å². The second-order valence-corrected chi connectivity index (χ2v) is 13.6. The van der Waals surface area contributed by atoms with Crippen molar-refractivity contribution in [2.45, 2.75) is 126 Å². The van der Waals surface area contributed by atoms with Crippen LogP contribution >= 0.6 is 0 Å². The molecule has 4 aliphatic carbocycles. The number of rotatable bonds is 12. The SMILES string of the molecule is O=C(O)C1CCCCC1C(=O)NC1CCC(S(=O)OC2CCC(NOCC3CCCCC3COO)CC2)CC1. The fourth-order valence-corrected chi connectivity index (χ4v) is 8.30. The summed E-state index contributed by atoms with van der Waals surface area (Å²) in [5, 5.41) is 21.4. The van der Waals surface area contributed by atoms with Crippen LogP contribution in [0.15, 0.2) is 0 Å². The minimum absolute atomic E-state index is 0.00927. The van der Waals surface area contributed by atoms with E-state index in [1.54, 1.807) is 0 Å². The highest BCUT2D eigenvalue weighted by Crippen LogP contribution is 2.33. The first-order valence-electron chi connectivity index (χ1n) is 15.2. The summed E-state index contributed by atoms with van der Waals surface area (Å²) in [6.45, 7) is 0.996. The average Bonchev–Trinajstić information content (AvgIpc) is 2.95. The first-order valence-corrected chi connectivity index (χ1v) is 16.3. The Labute approximate surface area is 234 Å². The van der Waals surface area contributed by atoms with Gasteiger partial charge >= 0.3 is 5.97 Å². The zero-order valence-electron chi connectivity index (χ0n) is 23.1. The molecule has 4 fully saturated rings. The number of hydrogen-bond acceptors (Lipinski definition) is 8. The van der Waals surface area contributed by atoms with Crippen LogP contribution in [0.2, 0.25) is 0 Å². The number of amides is 1. The number of carboxylic acids is 1. The molecule has 0 heterocycles. The maximum Gasteiger partial charge on any atom is 0.307 e. The Morgan fingerprint density at radius 3 is 1.97 bits per heavy atom. The van der Waals surface area contributed by atoms with Crippen LogP contribution in [-0.4, -0.2) is 63.1 Å². The van der Waals surface area contributed by atoms with Crippen LogP contribution < -0.4 is 10.8 Å². The van der Waals surface area contributed by atoms with Crippen molar-refractivity contribution >= 4 is 23.0 Å². The molecule has 0 saturated heterocycles. The molecule has 4 aliphatic rings. The van der Waals surface area contributed by atoms with Crippen LogP contribution in [0.3, 0.4) is 0 Å². The highest BCUT2D eigenvalue weighted by atomic mass is 32.2. The molecule has 4 saturated carbocycles. The summed E-state index contributed by atoms with van der Waals surface area (Å²) in [5.74, 6) is -1.27. The maximum atomic E-state index is 12.9. The highest BCUT2D eigenvalue weighted by molar-refractivity contribution is 7.80. The lowest BCUT2D eigenvalue weighted by molar-refractivity contribution is -0.256. The van der Waals surface area contributed by atoms with Gasteiger partial charge in [-0.3, -0.25) is 19.0 Å². The van der Waals surface area contributed by atoms with Gasteiger partial charge in [0.25, 0.3) is 0 Å². The molecule has 0 spiro atoms. The molecule has 11 heteroatoms. The molecule has 0 aromatic carbocycles. The lowest BCUT2D eigenvalue weighted by atomic mass is 9.78. The molecule has 0 aromatic heterocycles. The lowest BCUT2D eigenvalue weighted by Gasteiger charge is -2.33. The van der Waals surface area contributed by atoms with Gasteiger partial charge in [0.05, 0.1) is 36.4 Å². The van der Waals surface area contributed by atoms with E-state index in [4.69, 9.17) is 14.3 Å². The van der Waals surface area contributed by atoms with E-state index in [0.29, 0.717) is 37.9 Å². The van der Waals surface area contributed by atoms with Crippen LogP contribution in [0, 0.1) is 23.7 Å². The number of carbonyl (C=O) groups is 2. The van der Waals surface area contributed by atoms with Crippen molar-refractivity contribution in [1.82, 2.24) is 10.8 Å². The number of nitrogens with one attached hydrogen (secondary N) is 2. The predicted octanol–water partition coefficient (Wildman–Crippen LogP) is 4.11. The van der Waals surface area contributed by atoms with Gasteiger partial charge in [-0.05, 0) is 88.9 Å². The standard InChI is InChI=1S/C28H48N2O8S/c31-27(25-7-3-4-8-26(25)28(32)33)29-21-11-15-24(16-12-21)39(35)38-23-13-9-22(10-14-23)30-36-17-19-5-1-2-6-20(19)18-37-34/h19-26,30,34H,1-18H2,(H,29,31)(H,32,33). The van der Waals surface area contributed by atoms with Gasteiger partial charge < -0.3 is 15.3 Å². The van der Waals surface area contributed by atoms with E-state index in [1.807, 2.05) is 0 Å². The average molecular weight is 573 g/mol. The van der Waals surface area contributed by atoms with Crippen molar-refractivity contribution in [3.63, 3.8) is 0 Å². The number of aliphatic carboxylic acids is 1. The summed E-state index contributed by atoms with van der Waals surface area (Å²) in [6.07, 6.45) is 14.0. The summed E-state index contributed by atoms with van der Waals surface area (Å²) in [5.41, 5.74) is 3.22. The van der Waals surface area contributed by atoms with Gasteiger partial charge in [-0.25, -0.2) is 9.10 Å². The van der Waals surface area contributed by atoms with Gasteiger partial charge in [0, 0.05) is 12.1 Å². The Balaban J connectivity index is 1.09. The van der Waals surface area contributed by atoms with E-state index in [0.717, 1.165) is 77.0 Å². The van der Waals surface area contributed by atoms with Crippen molar-refractivity contribution in [2.24, 2.45) is 23.7 Å². The third-order valence-corrected chi connectivity index (χ3v) is 11.0. The van der Waals surface area contributed by atoms with Crippen molar-refractivity contribution in [3.05, 3.63) is 0 Å². The Kier molecular flexibility index (Phi) is 12.5. The van der Waals surface area contributed by atoms with E-state index >= 15 is 0 Å². The first kappa shape index (κ1) is 30.8. The number of carboxylic acid groups (broad SMARTS) is 1. The molecule has 4 rings (SSSR count). The number of carbonyl (C=O) groups excluding carboxylic acids is 1. The van der Waals surface area contributed by atoms with Crippen molar-refractivity contribution in [1.29, 1.82) is 0 Å². The Morgan fingerprint density at radius 1 is 0.744 bits per heavy atom. The van der Waals surface area contributed by atoms with Crippen LogP contribution in [0.1, 0.15) is 103 Å². The molecule has 0 radical (unpaired) electrons. The summed E-state index contributed by atoms with van der Waals surface area (Å²) >= 11 is -1.35. The molecular weight excluding hydrogens is 524 g/mol. The normalized spacial score (nSPS) is 36.6. The Hall–Kier alpha value is -1.11. The quantitative estimate of drug-likeness (QED) is 0.201.